The van der Waals surface area contributed by atoms with Crippen LogP contribution in [-0.4, -0.2) is 11.0 Å². The molecule has 106 valence electrons. The zero-order valence-corrected chi connectivity index (χ0v) is 11.8. The number of nitrogens with two attached hydrogens (primary N) is 1. The molecule has 3 nitrogen and oxygen atoms in total. The third kappa shape index (κ3) is 3.78. The maximum absolute atomic E-state index is 13.0. The van der Waals surface area contributed by atoms with E-state index in [0.29, 0.717) is 11.6 Å². The number of hydrogen-bond acceptors (Lipinski definition) is 3. The average Bonchev–Trinajstić information content (AvgIpc) is 2.44. The number of aromatic nitrogens is 1. The minimum Gasteiger partial charge on any atom is -0.439 e. The van der Waals surface area contributed by atoms with Crippen LogP contribution >= 0.6 is 0 Å². The predicted octanol–water partition coefficient (Wildman–Crippen LogP) is 3.60. The van der Waals surface area contributed by atoms with Crippen LogP contribution in [0.25, 0.3) is 0 Å². The molecule has 0 aliphatic carbocycles. The third-order valence-electron chi connectivity index (χ3n) is 3.17. The van der Waals surface area contributed by atoms with E-state index in [4.69, 9.17) is 10.5 Å². The molecule has 2 rings (SSSR count). The van der Waals surface area contributed by atoms with Gasteiger partial charge < -0.3 is 10.5 Å². The lowest BCUT2D eigenvalue weighted by Gasteiger charge is -2.10. The van der Waals surface area contributed by atoms with Crippen LogP contribution in [0.5, 0.6) is 11.6 Å². The van der Waals surface area contributed by atoms with E-state index in [2.05, 4.69) is 11.9 Å². The fourth-order valence-electron chi connectivity index (χ4n) is 1.88. The average molecular weight is 274 g/mol. The van der Waals surface area contributed by atoms with Crippen molar-refractivity contribution in [1.29, 1.82) is 0 Å². The molecule has 2 N–H and O–H groups in total. The van der Waals surface area contributed by atoms with E-state index in [1.54, 1.807) is 25.3 Å². The smallest absolute Gasteiger partial charge is 0.219 e. The molecule has 1 atom stereocenters. The molecule has 1 aromatic carbocycles. The summed E-state index contributed by atoms with van der Waals surface area (Å²) < 4.78 is 18.7. The summed E-state index contributed by atoms with van der Waals surface area (Å²) in [7, 11) is 0. The molecular weight excluding hydrogens is 255 g/mol. The van der Waals surface area contributed by atoms with Gasteiger partial charge in [-0.05, 0) is 49.1 Å². The second kappa shape index (κ2) is 6.48. The van der Waals surface area contributed by atoms with Gasteiger partial charge in [-0.1, -0.05) is 13.0 Å². The molecule has 0 bridgehead atoms. The fraction of sp³-hybridized carbons (Fsp3) is 0.312. The lowest BCUT2D eigenvalue weighted by atomic mass is 10.1. The summed E-state index contributed by atoms with van der Waals surface area (Å²) in [5.41, 5.74) is 7.73. The first-order valence-electron chi connectivity index (χ1n) is 6.73. The van der Waals surface area contributed by atoms with Crippen LogP contribution in [-0.2, 0) is 6.42 Å². The van der Waals surface area contributed by atoms with Gasteiger partial charge in [0.2, 0.25) is 5.88 Å². The highest BCUT2D eigenvalue weighted by atomic mass is 19.1. The highest BCUT2D eigenvalue weighted by Crippen LogP contribution is 2.24. The number of hydrogen-bond donors (Lipinski definition) is 1. The molecule has 0 radical (unpaired) electrons. The summed E-state index contributed by atoms with van der Waals surface area (Å²) in [6.07, 6.45) is 3.51. The van der Waals surface area contributed by atoms with E-state index in [1.807, 2.05) is 6.07 Å². The number of rotatable bonds is 5. The predicted molar refractivity (Wildman–Crippen MR) is 77.4 cm³/mol. The summed E-state index contributed by atoms with van der Waals surface area (Å²) in [6, 6.07) is 8.33. The quantitative estimate of drug-likeness (QED) is 0.906. The normalized spacial score (nSPS) is 12.2. The molecule has 1 heterocycles. The minimum absolute atomic E-state index is 0.155. The van der Waals surface area contributed by atoms with Crippen molar-refractivity contribution in [3.05, 3.63) is 53.5 Å². The van der Waals surface area contributed by atoms with Crippen molar-refractivity contribution in [2.45, 2.75) is 32.7 Å². The lowest BCUT2D eigenvalue weighted by Crippen LogP contribution is -2.21. The molecule has 0 aliphatic heterocycles. The molecular formula is C16H19FN2O. The van der Waals surface area contributed by atoms with E-state index in [-0.39, 0.29) is 11.9 Å². The van der Waals surface area contributed by atoms with Gasteiger partial charge in [-0.2, -0.15) is 0 Å². The van der Waals surface area contributed by atoms with E-state index in [9.17, 15) is 4.39 Å². The molecule has 0 spiro atoms. The number of nitrogens with zero attached hydrogens (tertiary/aromatic N) is 1. The van der Waals surface area contributed by atoms with Gasteiger partial charge in [-0.15, -0.1) is 0 Å². The largest absolute Gasteiger partial charge is 0.439 e. The van der Waals surface area contributed by atoms with E-state index in [1.165, 1.54) is 12.1 Å². The van der Waals surface area contributed by atoms with Crippen molar-refractivity contribution in [3.8, 4) is 11.6 Å². The zero-order valence-electron chi connectivity index (χ0n) is 11.8. The number of halogens is 1. The highest BCUT2D eigenvalue weighted by molar-refractivity contribution is 5.35. The summed E-state index contributed by atoms with van der Waals surface area (Å²) in [6.45, 7) is 3.86. The Morgan fingerprint density at radius 3 is 2.70 bits per heavy atom. The standard InChI is InChI=1S/C16H19FN2O/c1-3-14(18)9-12-4-7-16(19-10-12)20-15-6-5-13(17)8-11(15)2/h4-8,10,14H,3,9,18H2,1-2H3. The van der Waals surface area contributed by atoms with Crippen LogP contribution in [0.2, 0.25) is 0 Å². The molecule has 0 saturated heterocycles. The second-order valence-corrected chi connectivity index (χ2v) is 4.89. The van der Waals surface area contributed by atoms with Gasteiger partial charge in [0.05, 0.1) is 0 Å². The second-order valence-electron chi connectivity index (χ2n) is 4.89. The topological polar surface area (TPSA) is 48.1 Å². The number of pyridine rings is 1. The number of aryl methyl sites for hydroxylation is 1. The van der Waals surface area contributed by atoms with Crippen LogP contribution in [0.4, 0.5) is 4.39 Å². The Kier molecular flexibility index (Phi) is 4.69. The van der Waals surface area contributed by atoms with Gasteiger partial charge in [0.1, 0.15) is 11.6 Å². The monoisotopic (exact) mass is 274 g/mol. The molecule has 0 aliphatic rings. The molecule has 20 heavy (non-hydrogen) atoms. The van der Waals surface area contributed by atoms with Crippen molar-refractivity contribution in [1.82, 2.24) is 4.98 Å². The maximum atomic E-state index is 13.0. The number of ether oxygens (including phenoxy) is 1. The highest BCUT2D eigenvalue weighted by Gasteiger charge is 2.05. The van der Waals surface area contributed by atoms with Crippen LogP contribution < -0.4 is 10.5 Å². The molecule has 0 saturated carbocycles. The Labute approximate surface area is 118 Å². The molecule has 2 aromatic rings. The summed E-state index contributed by atoms with van der Waals surface area (Å²) in [5.74, 6) is 0.831. The number of benzene rings is 1. The Morgan fingerprint density at radius 2 is 2.10 bits per heavy atom. The van der Waals surface area contributed by atoms with Crippen molar-refractivity contribution >= 4 is 0 Å². The van der Waals surface area contributed by atoms with Gasteiger partial charge in [0, 0.05) is 18.3 Å². The Bertz CT molecular complexity index is 569. The SMILES string of the molecule is CCC(N)Cc1ccc(Oc2ccc(F)cc2C)nc1. The first-order valence-corrected chi connectivity index (χ1v) is 6.73. The van der Waals surface area contributed by atoms with E-state index < -0.39 is 0 Å². The van der Waals surface area contributed by atoms with Gasteiger partial charge >= 0.3 is 0 Å². The van der Waals surface area contributed by atoms with Gasteiger partial charge in [-0.25, -0.2) is 9.37 Å². The minimum atomic E-state index is -0.272. The van der Waals surface area contributed by atoms with E-state index in [0.717, 1.165) is 24.0 Å². The van der Waals surface area contributed by atoms with Crippen LogP contribution in [0.15, 0.2) is 36.5 Å². The van der Waals surface area contributed by atoms with Crippen molar-refractivity contribution in [2.75, 3.05) is 0 Å². The molecule has 4 heteroatoms. The van der Waals surface area contributed by atoms with Gasteiger partial charge in [-0.3, -0.25) is 0 Å². The van der Waals surface area contributed by atoms with Gasteiger partial charge in [0.15, 0.2) is 0 Å². The van der Waals surface area contributed by atoms with Crippen molar-refractivity contribution in [3.63, 3.8) is 0 Å². The Hall–Kier alpha value is -1.94. The van der Waals surface area contributed by atoms with Gasteiger partial charge in [0.25, 0.3) is 0 Å². The van der Waals surface area contributed by atoms with Crippen LogP contribution in [0, 0.1) is 12.7 Å². The first-order chi connectivity index (χ1) is 9.58. The summed E-state index contributed by atoms with van der Waals surface area (Å²) in [5, 5.41) is 0. The molecule has 0 amide bonds. The Balaban J connectivity index is 2.07. The lowest BCUT2D eigenvalue weighted by molar-refractivity contribution is 0.457. The molecule has 1 unspecified atom stereocenters. The van der Waals surface area contributed by atoms with E-state index >= 15 is 0 Å². The summed E-state index contributed by atoms with van der Waals surface area (Å²) in [4.78, 5) is 4.25. The fourth-order valence-corrected chi connectivity index (χ4v) is 1.88. The Morgan fingerprint density at radius 1 is 1.30 bits per heavy atom. The van der Waals surface area contributed by atoms with Crippen molar-refractivity contribution in [2.24, 2.45) is 5.73 Å². The first kappa shape index (κ1) is 14.5. The zero-order chi connectivity index (χ0) is 14.5. The molecule has 0 fully saturated rings. The van der Waals surface area contributed by atoms with Crippen molar-refractivity contribution < 1.29 is 9.13 Å². The third-order valence-corrected chi connectivity index (χ3v) is 3.17. The summed E-state index contributed by atoms with van der Waals surface area (Å²) >= 11 is 0. The molecule has 1 aromatic heterocycles. The van der Waals surface area contributed by atoms with Crippen LogP contribution in [0.1, 0.15) is 24.5 Å². The maximum Gasteiger partial charge on any atom is 0.219 e. The van der Waals surface area contributed by atoms with Crippen LogP contribution in [0.3, 0.4) is 0 Å².